The Bertz CT molecular complexity index is 578. The maximum atomic E-state index is 12.0. The number of urea groups is 1. The fourth-order valence-electron chi connectivity index (χ4n) is 1.71. The Labute approximate surface area is 112 Å². The number of rotatable bonds is 3. The molecule has 0 aliphatic heterocycles. The van der Waals surface area contributed by atoms with E-state index >= 15 is 0 Å². The Morgan fingerprint density at radius 1 is 1.42 bits per heavy atom. The van der Waals surface area contributed by atoms with E-state index in [1.54, 1.807) is 24.4 Å². The highest BCUT2D eigenvalue weighted by Gasteiger charge is 2.12. The number of amides is 2. The zero-order valence-corrected chi connectivity index (χ0v) is 11.3. The van der Waals surface area contributed by atoms with Crippen molar-refractivity contribution >= 4 is 11.8 Å². The lowest BCUT2D eigenvalue weighted by molar-refractivity contribution is 0.220. The molecular weight excluding hydrogens is 242 g/mol. The van der Waals surface area contributed by atoms with Gasteiger partial charge in [-0.25, -0.2) is 9.78 Å². The molecule has 0 spiro atoms. The van der Waals surface area contributed by atoms with Crippen molar-refractivity contribution in [1.29, 1.82) is 0 Å². The van der Waals surface area contributed by atoms with Gasteiger partial charge in [-0.15, -0.1) is 0 Å². The zero-order chi connectivity index (χ0) is 13.8. The van der Waals surface area contributed by atoms with Crippen LogP contribution in [0, 0.1) is 13.8 Å². The number of carbonyl (C=O) groups is 1. The minimum atomic E-state index is -0.196. The van der Waals surface area contributed by atoms with Gasteiger partial charge in [0.25, 0.3) is 0 Å². The summed E-state index contributed by atoms with van der Waals surface area (Å²) in [6.07, 6.45) is 3.30. The van der Waals surface area contributed by atoms with Crippen molar-refractivity contribution in [3.05, 3.63) is 47.5 Å². The van der Waals surface area contributed by atoms with E-state index in [0.717, 1.165) is 16.9 Å². The monoisotopic (exact) mass is 259 g/mol. The number of anilines is 1. The van der Waals surface area contributed by atoms with Gasteiger partial charge in [-0.3, -0.25) is 5.32 Å². The molecule has 0 bridgehead atoms. The lowest BCUT2D eigenvalue weighted by Crippen LogP contribution is -2.31. The van der Waals surface area contributed by atoms with Gasteiger partial charge < -0.3 is 9.32 Å². The molecule has 0 fully saturated rings. The van der Waals surface area contributed by atoms with Crippen LogP contribution in [-0.4, -0.2) is 23.0 Å². The molecule has 2 amide bonds. The molecule has 1 N–H and O–H groups in total. The lowest BCUT2D eigenvalue weighted by Gasteiger charge is -2.17. The van der Waals surface area contributed by atoms with E-state index < -0.39 is 0 Å². The second kappa shape index (κ2) is 5.56. The molecular formula is C14H17N3O2. The van der Waals surface area contributed by atoms with E-state index in [0.29, 0.717) is 12.4 Å². The first kappa shape index (κ1) is 13.1. The average Bonchev–Trinajstić information content (AvgIpc) is 2.75. The van der Waals surface area contributed by atoms with Crippen LogP contribution in [0.15, 0.2) is 35.1 Å². The molecule has 0 radical (unpaired) electrons. The van der Waals surface area contributed by atoms with Crippen LogP contribution in [0.2, 0.25) is 0 Å². The van der Waals surface area contributed by atoms with E-state index in [2.05, 4.69) is 10.3 Å². The van der Waals surface area contributed by atoms with Crippen molar-refractivity contribution in [3.63, 3.8) is 0 Å². The molecule has 0 unspecified atom stereocenters. The summed E-state index contributed by atoms with van der Waals surface area (Å²) in [5.74, 6) is 1.38. The first-order valence-corrected chi connectivity index (χ1v) is 6.04. The molecule has 5 heteroatoms. The maximum Gasteiger partial charge on any atom is 0.323 e. The highest BCUT2D eigenvalue weighted by Crippen LogP contribution is 2.12. The molecule has 100 valence electrons. The Morgan fingerprint density at radius 2 is 2.21 bits per heavy atom. The Morgan fingerprint density at radius 3 is 2.84 bits per heavy atom. The Hall–Kier alpha value is -2.30. The van der Waals surface area contributed by atoms with Crippen molar-refractivity contribution in [2.45, 2.75) is 20.4 Å². The number of hydrogen-bond acceptors (Lipinski definition) is 3. The topological polar surface area (TPSA) is 58.4 Å². The van der Waals surface area contributed by atoms with Gasteiger partial charge in [0.15, 0.2) is 0 Å². The predicted octanol–water partition coefficient (Wildman–Crippen LogP) is 2.96. The number of furan rings is 1. The number of aromatic nitrogens is 1. The number of pyridine rings is 1. The summed E-state index contributed by atoms with van der Waals surface area (Å²) in [4.78, 5) is 17.7. The van der Waals surface area contributed by atoms with Gasteiger partial charge in [-0.1, -0.05) is 0 Å². The van der Waals surface area contributed by atoms with E-state index in [4.69, 9.17) is 4.42 Å². The van der Waals surface area contributed by atoms with Crippen LogP contribution >= 0.6 is 0 Å². The Kier molecular flexibility index (Phi) is 3.85. The summed E-state index contributed by atoms with van der Waals surface area (Å²) in [6, 6.07) is 5.38. The summed E-state index contributed by atoms with van der Waals surface area (Å²) in [5, 5.41) is 2.76. The van der Waals surface area contributed by atoms with Gasteiger partial charge in [0.1, 0.15) is 11.6 Å². The molecule has 0 atom stereocenters. The third kappa shape index (κ3) is 3.34. The molecule has 2 heterocycles. The second-order valence-corrected chi connectivity index (χ2v) is 4.51. The maximum absolute atomic E-state index is 12.0. The summed E-state index contributed by atoms with van der Waals surface area (Å²) in [5.41, 5.74) is 2.05. The number of nitrogens with one attached hydrogen (secondary N) is 1. The quantitative estimate of drug-likeness (QED) is 0.921. The van der Waals surface area contributed by atoms with Crippen LogP contribution in [0.3, 0.4) is 0 Å². The van der Waals surface area contributed by atoms with E-state index in [1.165, 1.54) is 0 Å². The molecule has 2 aromatic rings. The van der Waals surface area contributed by atoms with Crippen molar-refractivity contribution < 1.29 is 9.21 Å². The minimum absolute atomic E-state index is 0.196. The number of aryl methyl sites for hydroxylation is 2. The number of nitrogens with zero attached hydrogens (tertiary/aromatic N) is 2. The fraction of sp³-hybridized carbons (Fsp3) is 0.286. The van der Waals surface area contributed by atoms with E-state index in [-0.39, 0.29) is 6.03 Å². The van der Waals surface area contributed by atoms with Gasteiger partial charge in [-0.2, -0.15) is 0 Å². The van der Waals surface area contributed by atoms with E-state index in [1.807, 2.05) is 32.0 Å². The largest absolute Gasteiger partial charge is 0.469 e. The normalized spacial score (nSPS) is 10.3. The molecule has 0 aromatic carbocycles. The van der Waals surface area contributed by atoms with Gasteiger partial charge >= 0.3 is 6.03 Å². The van der Waals surface area contributed by atoms with Crippen LogP contribution in [0.4, 0.5) is 10.6 Å². The highest BCUT2D eigenvalue weighted by molar-refractivity contribution is 5.88. The Balaban J connectivity index is 1.98. The third-order valence-electron chi connectivity index (χ3n) is 2.87. The number of carbonyl (C=O) groups excluding carboxylic acids is 1. The van der Waals surface area contributed by atoms with Gasteiger partial charge in [-0.05, 0) is 37.6 Å². The first-order valence-electron chi connectivity index (χ1n) is 6.04. The van der Waals surface area contributed by atoms with Gasteiger partial charge in [0.05, 0.1) is 12.8 Å². The summed E-state index contributed by atoms with van der Waals surface area (Å²) < 4.78 is 5.21. The van der Waals surface area contributed by atoms with Crippen LogP contribution in [0.5, 0.6) is 0 Å². The second-order valence-electron chi connectivity index (χ2n) is 4.51. The summed E-state index contributed by atoms with van der Waals surface area (Å²) in [6.45, 7) is 4.33. The first-order chi connectivity index (χ1) is 9.06. The van der Waals surface area contributed by atoms with Crippen molar-refractivity contribution in [1.82, 2.24) is 9.88 Å². The fourth-order valence-corrected chi connectivity index (χ4v) is 1.71. The van der Waals surface area contributed by atoms with Crippen LogP contribution in [-0.2, 0) is 6.54 Å². The van der Waals surface area contributed by atoms with E-state index in [9.17, 15) is 4.79 Å². The van der Waals surface area contributed by atoms with Crippen LogP contribution in [0.1, 0.15) is 16.9 Å². The standard InChI is InChI=1S/C14H17N3O2/c1-10-4-6-15-13(8-10)16-14(18)17(3)9-12-5-7-19-11(12)2/h4-8H,9H2,1-3H3,(H,15,16,18). The van der Waals surface area contributed by atoms with Gasteiger partial charge in [0.2, 0.25) is 0 Å². The van der Waals surface area contributed by atoms with Crippen molar-refractivity contribution in [3.8, 4) is 0 Å². The molecule has 0 aliphatic rings. The van der Waals surface area contributed by atoms with Crippen molar-refractivity contribution in [2.24, 2.45) is 0 Å². The van der Waals surface area contributed by atoms with Crippen LogP contribution in [0.25, 0.3) is 0 Å². The smallest absolute Gasteiger partial charge is 0.323 e. The van der Waals surface area contributed by atoms with Crippen molar-refractivity contribution in [2.75, 3.05) is 12.4 Å². The third-order valence-corrected chi connectivity index (χ3v) is 2.87. The van der Waals surface area contributed by atoms with Gasteiger partial charge in [0, 0.05) is 18.8 Å². The van der Waals surface area contributed by atoms with Crippen LogP contribution < -0.4 is 5.32 Å². The summed E-state index contributed by atoms with van der Waals surface area (Å²) in [7, 11) is 1.73. The number of hydrogen-bond donors (Lipinski definition) is 1. The molecule has 0 saturated carbocycles. The molecule has 0 aliphatic carbocycles. The SMILES string of the molecule is Cc1ccnc(NC(=O)N(C)Cc2ccoc2C)c1. The molecule has 5 nitrogen and oxygen atoms in total. The molecule has 0 saturated heterocycles. The molecule has 2 rings (SSSR count). The minimum Gasteiger partial charge on any atom is -0.469 e. The summed E-state index contributed by atoms with van der Waals surface area (Å²) >= 11 is 0. The lowest BCUT2D eigenvalue weighted by atomic mass is 10.2. The molecule has 2 aromatic heterocycles. The molecule has 19 heavy (non-hydrogen) atoms. The zero-order valence-electron chi connectivity index (χ0n) is 11.3. The average molecular weight is 259 g/mol. The highest BCUT2D eigenvalue weighted by atomic mass is 16.3. The predicted molar refractivity (Wildman–Crippen MR) is 72.9 cm³/mol.